The Morgan fingerprint density at radius 1 is 1.07 bits per heavy atom. The highest BCUT2D eigenvalue weighted by Gasteiger charge is 2.14. The van der Waals surface area contributed by atoms with Crippen LogP contribution in [0.4, 0.5) is 17.5 Å². The SMILES string of the molecule is Cc1cc(N2CCOCC2)nc(NCCCNc2ccnc3cc(Cl)ccc23)n1. The van der Waals surface area contributed by atoms with Crippen LogP contribution in [0.2, 0.25) is 5.02 Å². The lowest BCUT2D eigenvalue weighted by molar-refractivity contribution is 0.122. The van der Waals surface area contributed by atoms with E-state index in [0.717, 1.165) is 73.9 Å². The number of benzene rings is 1. The second-order valence-electron chi connectivity index (χ2n) is 7.02. The van der Waals surface area contributed by atoms with Crippen molar-refractivity contribution in [2.24, 2.45) is 0 Å². The number of nitrogens with zero attached hydrogens (tertiary/aromatic N) is 4. The van der Waals surface area contributed by atoms with Gasteiger partial charge in [0.05, 0.1) is 18.7 Å². The lowest BCUT2D eigenvalue weighted by atomic mass is 10.2. The second kappa shape index (κ2) is 9.24. The van der Waals surface area contributed by atoms with E-state index in [0.29, 0.717) is 11.0 Å². The second-order valence-corrected chi connectivity index (χ2v) is 7.45. The van der Waals surface area contributed by atoms with Gasteiger partial charge < -0.3 is 20.3 Å². The van der Waals surface area contributed by atoms with E-state index in [2.05, 4.69) is 30.5 Å². The van der Waals surface area contributed by atoms with Gasteiger partial charge in [-0.25, -0.2) is 4.98 Å². The predicted molar refractivity (Wildman–Crippen MR) is 118 cm³/mol. The van der Waals surface area contributed by atoms with Crippen LogP contribution >= 0.6 is 11.6 Å². The van der Waals surface area contributed by atoms with Crippen LogP contribution in [-0.4, -0.2) is 54.3 Å². The lowest BCUT2D eigenvalue weighted by Crippen LogP contribution is -2.37. The molecule has 0 radical (unpaired) electrons. The van der Waals surface area contributed by atoms with Gasteiger partial charge in [0.15, 0.2) is 0 Å². The van der Waals surface area contributed by atoms with Crippen molar-refractivity contribution in [1.82, 2.24) is 15.0 Å². The van der Waals surface area contributed by atoms with Crippen LogP contribution in [-0.2, 0) is 4.74 Å². The number of aryl methyl sites for hydroxylation is 1. The van der Waals surface area contributed by atoms with Crippen LogP contribution in [0.15, 0.2) is 36.5 Å². The molecule has 0 saturated carbocycles. The number of anilines is 3. The molecule has 29 heavy (non-hydrogen) atoms. The van der Waals surface area contributed by atoms with Crippen LogP contribution in [0.1, 0.15) is 12.1 Å². The number of morpholine rings is 1. The fraction of sp³-hybridized carbons (Fsp3) is 0.381. The van der Waals surface area contributed by atoms with Crippen LogP contribution < -0.4 is 15.5 Å². The Balaban J connectivity index is 1.30. The molecule has 0 unspecified atom stereocenters. The fourth-order valence-corrected chi connectivity index (χ4v) is 3.54. The van der Waals surface area contributed by atoms with Crippen LogP contribution in [0.5, 0.6) is 0 Å². The minimum absolute atomic E-state index is 0.676. The van der Waals surface area contributed by atoms with Crippen molar-refractivity contribution >= 4 is 40.0 Å². The maximum Gasteiger partial charge on any atom is 0.224 e. The highest BCUT2D eigenvalue weighted by molar-refractivity contribution is 6.31. The number of hydrogen-bond donors (Lipinski definition) is 2. The average molecular weight is 413 g/mol. The van der Waals surface area contributed by atoms with Crippen LogP contribution in [0, 0.1) is 6.92 Å². The average Bonchev–Trinajstić information content (AvgIpc) is 2.73. The van der Waals surface area contributed by atoms with Gasteiger partial charge >= 0.3 is 0 Å². The molecule has 1 aliphatic heterocycles. The van der Waals surface area contributed by atoms with Crippen molar-refractivity contribution in [3.63, 3.8) is 0 Å². The smallest absolute Gasteiger partial charge is 0.224 e. The third-order valence-corrected chi connectivity index (χ3v) is 5.07. The van der Waals surface area contributed by atoms with Gasteiger partial charge in [-0.1, -0.05) is 11.6 Å². The highest BCUT2D eigenvalue weighted by atomic mass is 35.5. The third-order valence-electron chi connectivity index (χ3n) is 4.83. The Bertz CT molecular complexity index is 977. The largest absolute Gasteiger partial charge is 0.384 e. The minimum atomic E-state index is 0.676. The normalized spacial score (nSPS) is 14.2. The molecule has 1 aromatic carbocycles. The molecule has 3 aromatic rings. The molecule has 1 fully saturated rings. The number of ether oxygens (including phenoxy) is 1. The number of aromatic nitrogens is 3. The first-order chi connectivity index (χ1) is 14.2. The molecule has 152 valence electrons. The molecule has 8 heteroatoms. The van der Waals surface area contributed by atoms with Crippen molar-refractivity contribution in [3.8, 4) is 0 Å². The molecule has 4 rings (SSSR count). The highest BCUT2D eigenvalue weighted by Crippen LogP contribution is 2.24. The van der Waals surface area contributed by atoms with E-state index in [9.17, 15) is 0 Å². The molecule has 0 aliphatic carbocycles. The Morgan fingerprint density at radius 3 is 2.76 bits per heavy atom. The zero-order valence-corrected chi connectivity index (χ0v) is 17.2. The van der Waals surface area contributed by atoms with Crippen molar-refractivity contribution in [2.75, 3.05) is 54.9 Å². The number of hydrogen-bond acceptors (Lipinski definition) is 7. The van der Waals surface area contributed by atoms with E-state index < -0.39 is 0 Å². The summed E-state index contributed by atoms with van der Waals surface area (Å²) in [7, 11) is 0. The summed E-state index contributed by atoms with van der Waals surface area (Å²) in [6.07, 6.45) is 2.73. The quantitative estimate of drug-likeness (QED) is 0.572. The summed E-state index contributed by atoms with van der Waals surface area (Å²) in [5.41, 5.74) is 2.92. The van der Waals surface area contributed by atoms with Crippen LogP contribution in [0.25, 0.3) is 10.9 Å². The van der Waals surface area contributed by atoms with Crippen LogP contribution in [0.3, 0.4) is 0 Å². The number of halogens is 1. The van der Waals surface area contributed by atoms with Crippen molar-refractivity contribution in [1.29, 1.82) is 0 Å². The first-order valence-corrected chi connectivity index (χ1v) is 10.3. The van der Waals surface area contributed by atoms with Gasteiger partial charge in [0.25, 0.3) is 0 Å². The Morgan fingerprint density at radius 2 is 1.90 bits per heavy atom. The summed E-state index contributed by atoms with van der Waals surface area (Å²) in [4.78, 5) is 15.8. The van der Waals surface area contributed by atoms with Gasteiger partial charge in [0, 0.05) is 60.2 Å². The molecule has 1 saturated heterocycles. The standard InChI is InChI=1S/C21H25ClN6O/c1-15-13-20(28-9-11-29-12-10-28)27-21(26-15)25-7-2-6-23-18-5-8-24-19-14-16(22)3-4-17(18)19/h3-5,8,13-14H,2,6-7,9-12H2,1H3,(H,23,24)(H,25,26,27). The molecule has 2 aromatic heterocycles. The molecule has 0 spiro atoms. The van der Waals surface area contributed by atoms with E-state index in [1.165, 1.54) is 0 Å². The monoisotopic (exact) mass is 412 g/mol. The number of fused-ring (bicyclic) bond motifs is 1. The third kappa shape index (κ3) is 5.05. The van der Waals surface area contributed by atoms with Crippen molar-refractivity contribution in [2.45, 2.75) is 13.3 Å². The van der Waals surface area contributed by atoms with Gasteiger partial charge in [-0.15, -0.1) is 0 Å². The summed E-state index contributed by atoms with van der Waals surface area (Å²) in [6.45, 7) is 6.83. The number of pyridine rings is 1. The molecular weight excluding hydrogens is 388 g/mol. The molecule has 0 atom stereocenters. The van der Waals surface area contributed by atoms with Gasteiger partial charge in [-0.05, 0) is 37.6 Å². The number of nitrogens with one attached hydrogen (secondary N) is 2. The lowest BCUT2D eigenvalue weighted by Gasteiger charge is -2.28. The van der Waals surface area contributed by atoms with E-state index in [1.54, 1.807) is 6.20 Å². The predicted octanol–water partition coefficient (Wildman–Crippen LogP) is 3.74. The molecule has 0 bridgehead atoms. The topological polar surface area (TPSA) is 75.2 Å². The van der Waals surface area contributed by atoms with E-state index in [4.69, 9.17) is 16.3 Å². The zero-order valence-electron chi connectivity index (χ0n) is 16.5. The zero-order chi connectivity index (χ0) is 20.1. The summed E-state index contributed by atoms with van der Waals surface area (Å²) >= 11 is 6.06. The van der Waals surface area contributed by atoms with E-state index in [-0.39, 0.29) is 0 Å². The van der Waals surface area contributed by atoms with Gasteiger partial charge in [0.1, 0.15) is 5.82 Å². The van der Waals surface area contributed by atoms with Crippen molar-refractivity contribution in [3.05, 3.63) is 47.2 Å². The first kappa shape index (κ1) is 19.7. The Labute approximate surface area is 175 Å². The maximum absolute atomic E-state index is 6.06. The number of rotatable bonds is 7. The molecule has 2 N–H and O–H groups in total. The summed E-state index contributed by atoms with van der Waals surface area (Å²) < 4.78 is 5.42. The Kier molecular flexibility index (Phi) is 6.27. The first-order valence-electron chi connectivity index (χ1n) is 9.89. The van der Waals surface area contributed by atoms with Gasteiger partial charge in [-0.3, -0.25) is 4.98 Å². The van der Waals surface area contributed by atoms with E-state index >= 15 is 0 Å². The Hall–Kier alpha value is -2.64. The van der Waals surface area contributed by atoms with Gasteiger partial charge in [-0.2, -0.15) is 4.98 Å². The molecular formula is C21H25ClN6O. The fourth-order valence-electron chi connectivity index (χ4n) is 3.37. The molecule has 0 amide bonds. The van der Waals surface area contributed by atoms with Crippen molar-refractivity contribution < 1.29 is 4.74 Å². The minimum Gasteiger partial charge on any atom is -0.384 e. The van der Waals surface area contributed by atoms with Gasteiger partial charge in [0.2, 0.25) is 5.95 Å². The summed E-state index contributed by atoms with van der Waals surface area (Å²) in [6, 6.07) is 9.78. The molecule has 7 nitrogen and oxygen atoms in total. The molecule has 3 heterocycles. The molecule has 1 aliphatic rings. The summed E-state index contributed by atoms with van der Waals surface area (Å²) in [5.74, 6) is 1.64. The van der Waals surface area contributed by atoms with E-state index in [1.807, 2.05) is 37.3 Å². The summed E-state index contributed by atoms with van der Waals surface area (Å²) in [5, 5.41) is 8.59. The maximum atomic E-state index is 6.06.